The molecule has 0 fully saturated rings. The lowest BCUT2D eigenvalue weighted by Crippen LogP contribution is -2.38. The van der Waals surface area contributed by atoms with Crippen LogP contribution in [0.4, 0.5) is 0 Å². The van der Waals surface area contributed by atoms with Gasteiger partial charge in [-0.05, 0) is 19.9 Å². The molecule has 82 valence electrons. The highest BCUT2D eigenvalue weighted by atomic mass is 16.6. The van der Waals surface area contributed by atoms with Gasteiger partial charge in [0.15, 0.2) is 0 Å². The minimum atomic E-state index is -0.399. The fraction of sp³-hybridized carbons (Fsp3) is 0.500. The Balaban J connectivity index is 2.88. The van der Waals surface area contributed by atoms with Crippen molar-refractivity contribution in [3.05, 3.63) is 18.5 Å². The van der Waals surface area contributed by atoms with Gasteiger partial charge in [-0.2, -0.15) is 0 Å². The monoisotopic (exact) mass is 209 g/mol. The molecule has 0 bridgehead atoms. The second-order valence-electron chi connectivity index (χ2n) is 2.86. The first-order chi connectivity index (χ1) is 7.33. The van der Waals surface area contributed by atoms with Crippen LogP contribution >= 0.6 is 0 Å². The Kier molecular flexibility index (Phi) is 5.14. The molecule has 0 amide bonds. The van der Waals surface area contributed by atoms with Crippen LogP contribution < -0.4 is 10.2 Å². The Morgan fingerprint density at radius 3 is 2.47 bits per heavy atom. The average Bonchev–Trinajstić information content (AvgIpc) is 2.29. The molecule has 0 radical (unpaired) electrons. The van der Waals surface area contributed by atoms with Crippen LogP contribution in [0.15, 0.2) is 18.5 Å². The molecule has 0 aliphatic heterocycles. The van der Waals surface area contributed by atoms with Gasteiger partial charge in [-0.25, -0.2) is 0 Å². The fourth-order valence-corrected chi connectivity index (χ4v) is 1.29. The van der Waals surface area contributed by atoms with Crippen molar-refractivity contribution in [3.8, 4) is 5.75 Å². The van der Waals surface area contributed by atoms with E-state index in [-0.39, 0.29) is 0 Å². The number of ether oxygens (including phenoxy) is 1. The second-order valence-corrected chi connectivity index (χ2v) is 2.86. The van der Waals surface area contributed by atoms with E-state index in [1.165, 1.54) is 0 Å². The minimum Gasteiger partial charge on any atom is -0.497 e. The fourth-order valence-electron chi connectivity index (χ4n) is 1.29. The van der Waals surface area contributed by atoms with Crippen LogP contribution in [-0.4, -0.2) is 32.4 Å². The maximum Gasteiger partial charge on any atom is 0.499 e. The lowest BCUT2D eigenvalue weighted by Gasteiger charge is -2.14. The van der Waals surface area contributed by atoms with Crippen molar-refractivity contribution in [2.45, 2.75) is 13.8 Å². The van der Waals surface area contributed by atoms with E-state index in [0.29, 0.717) is 13.2 Å². The van der Waals surface area contributed by atoms with Crippen molar-refractivity contribution >= 4 is 12.6 Å². The molecule has 0 aliphatic rings. The standard InChI is InChI=1S/C10H16BNO3/c1-4-14-11(15-5-2)9-8-12-7-6-10(9)13-3/h6-8H,4-5H2,1-3H3. The SMILES string of the molecule is CCOB(OCC)c1cnccc1OC. The molecule has 1 aromatic rings. The highest BCUT2D eigenvalue weighted by molar-refractivity contribution is 6.62. The molecular weight excluding hydrogens is 193 g/mol. The first kappa shape index (κ1) is 12.0. The molecule has 0 unspecified atom stereocenters. The van der Waals surface area contributed by atoms with Crippen molar-refractivity contribution in [2.24, 2.45) is 0 Å². The zero-order chi connectivity index (χ0) is 11.1. The van der Waals surface area contributed by atoms with E-state index in [2.05, 4.69) is 4.98 Å². The maximum atomic E-state index is 5.47. The van der Waals surface area contributed by atoms with E-state index >= 15 is 0 Å². The predicted octanol–water partition coefficient (Wildman–Crippen LogP) is 0.858. The van der Waals surface area contributed by atoms with Crippen molar-refractivity contribution < 1.29 is 14.0 Å². The second kappa shape index (κ2) is 6.42. The van der Waals surface area contributed by atoms with Crippen molar-refractivity contribution in [3.63, 3.8) is 0 Å². The smallest absolute Gasteiger partial charge is 0.497 e. The van der Waals surface area contributed by atoms with Gasteiger partial charge in [0.05, 0.1) is 7.11 Å². The third-order valence-electron chi connectivity index (χ3n) is 1.92. The van der Waals surface area contributed by atoms with Crippen LogP contribution in [0.3, 0.4) is 0 Å². The maximum absolute atomic E-state index is 5.47. The molecule has 5 heteroatoms. The summed E-state index contributed by atoms with van der Waals surface area (Å²) in [6, 6.07) is 1.79. The third kappa shape index (κ3) is 3.21. The Labute approximate surface area is 90.7 Å². The molecule has 0 aromatic carbocycles. The van der Waals surface area contributed by atoms with Gasteiger partial charge in [0.1, 0.15) is 5.75 Å². The van der Waals surface area contributed by atoms with Gasteiger partial charge in [-0.3, -0.25) is 4.98 Å². The molecule has 4 nitrogen and oxygen atoms in total. The number of pyridine rings is 1. The molecule has 0 saturated heterocycles. The largest absolute Gasteiger partial charge is 0.499 e. The summed E-state index contributed by atoms with van der Waals surface area (Å²) < 4.78 is 16.2. The number of aromatic nitrogens is 1. The molecule has 0 spiro atoms. The van der Waals surface area contributed by atoms with Crippen molar-refractivity contribution in [1.29, 1.82) is 0 Å². The van der Waals surface area contributed by atoms with Gasteiger partial charge in [0, 0.05) is 31.1 Å². The van der Waals surface area contributed by atoms with Crippen molar-refractivity contribution in [1.82, 2.24) is 4.98 Å². The highest BCUT2D eigenvalue weighted by Crippen LogP contribution is 2.06. The molecule has 1 rings (SSSR count). The summed E-state index contributed by atoms with van der Waals surface area (Å²) in [5.74, 6) is 0.733. The summed E-state index contributed by atoms with van der Waals surface area (Å²) in [5, 5.41) is 0. The topological polar surface area (TPSA) is 40.6 Å². The predicted molar refractivity (Wildman–Crippen MR) is 59.4 cm³/mol. The summed E-state index contributed by atoms with van der Waals surface area (Å²) in [7, 11) is 1.22. The van der Waals surface area contributed by atoms with Crippen LogP contribution in [0.25, 0.3) is 0 Å². The number of hydrogen-bond acceptors (Lipinski definition) is 4. The van der Waals surface area contributed by atoms with Gasteiger partial charge in [-0.1, -0.05) is 0 Å². The van der Waals surface area contributed by atoms with Crippen LogP contribution in [0.1, 0.15) is 13.8 Å². The summed E-state index contributed by atoms with van der Waals surface area (Å²) in [4.78, 5) is 4.04. The zero-order valence-corrected chi connectivity index (χ0v) is 9.40. The Hall–Kier alpha value is -1.07. The minimum absolute atomic E-state index is 0.399. The molecule has 0 N–H and O–H groups in total. The van der Waals surface area contributed by atoms with Gasteiger partial charge in [0.25, 0.3) is 0 Å². The molecule has 1 aromatic heterocycles. The molecule has 15 heavy (non-hydrogen) atoms. The Bertz CT molecular complexity index is 290. The van der Waals surface area contributed by atoms with E-state index in [1.807, 2.05) is 13.8 Å². The van der Waals surface area contributed by atoms with Crippen LogP contribution in [0.5, 0.6) is 5.75 Å². The number of hydrogen-bond donors (Lipinski definition) is 0. The normalized spacial score (nSPS) is 10.1. The Morgan fingerprint density at radius 1 is 1.27 bits per heavy atom. The van der Waals surface area contributed by atoms with E-state index in [1.54, 1.807) is 25.6 Å². The summed E-state index contributed by atoms with van der Waals surface area (Å²) in [6.45, 7) is 5.02. The quantitative estimate of drug-likeness (QED) is 0.651. The first-order valence-corrected chi connectivity index (χ1v) is 5.04. The average molecular weight is 209 g/mol. The summed E-state index contributed by atoms with van der Waals surface area (Å²) in [5.41, 5.74) is 0.823. The molecule has 0 saturated carbocycles. The van der Waals surface area contributed by atoms with Crippen LogP contribution in [0, 0.1) is 0 Å². The van der Waals surface area contributed by atoms with E-state index in [9.17, 15) is 0 Å². The molecule has 1 heterocycles. The zero-order valence-electron chi connectivity index (χ0n) is 9.40. The van der Waals surface area contributed by atoms with Crippen LogP contribution in [0.2, 0.25) is 0 Å². The Morgan fingerprint density at radius 2 is 1.93 bits per heavy atom. The lowest BCUT2D eigenvalue weighted by molar-refractivity contribution is 0.224. The van der Waals surface area contributed by atoms with Crippen LogP contribution in [-0.2, 0) is 9.31 Å². The van der Waals surface area contributed by atoms with Gasteiger partial charge in [-0.15, -0.1) is 0 Å². The number of rotatable bonds is 6. The van der Waals surface area contributed by atoms with Gasteiger partial charge < -0.3 is 14.0 Å². The molecule has 0 aliphatic carbocycles. The van der Waals surface area contributed by atoms with E-state index in [4.69, 9.17) is 14.0 Å². The van der Waals surface area contributed by atoms with Gasteiger partial charge in [0.2, 0.25) is 0 Å². The van der Waals surface area contributed by atoms with E-state index in [0.717, 1.165) is 11.2 Å². The highest BCUT2D eigenvalue weighted by Gasteiger charge is 2.24. The summed E-state index contributed by atoms with van der Waals surface area (Å²) in [6.07, 6.45) is 3.38. The first-order valence-electron chi connectivity index (χ1n) is 5.04. The number of methoxy groups -OCH3 is 1. The molecular formula is C10H16BNO3. The van der Waals surface area contributed by atoms with E-state index < -0.39 is 7.12 Å². The van der Waals surface area contributed by atoms with Crippen molar-refractivity contribution in [2.75, 3.05) is 20.3 Å². The van der Waals surface area contributed by atoms with Gasteiger partial charge >= 0.3 is 7.12 Å². The molecule has 0 atom stereocenters. The summed E-state index contributed by atoms with van der Waals surface area (Å²) >= 11 is 0. The number of nitrogens with zero attached hydrogens (tertiary/aromatic N) is 1. The third-order valence-corrected chi connectivity index (χ3v) is 1.92. The lowest BCUT2D eigenvalue weighted by atomic mass is 9.79.